The highest BCUT2D eigenvalue weighted by Crippen LogP contribution is 2.23. The largest absolute Gasteiger partial charge is 0.444 e. The van der Waals surface area contributed by atoms with E-state index in [0.29, 0.717) is 5.56 Å². The van der Waals surface area contributed by atoms with Crippen molar-refractivity contribution in [2.24, 2.45) is 0 Å². The summed E-state index contributed by atoms with van der Waals surface area (Å²) < 4.78 is 5.11. The number of hydrogen-bond donors (Lipinski definition) is 3. The van der Waals surface area contributed by atoms with Crippen LogP contribution in [0.5, 0.6) is 0 Å². The first kappa shape index (κ1) is 18.5. The maximum Gasteiger partial charge on any atom is 0.407 e. The molecule has 0 saturated carbocycles. The number of rotatable bonds is 5. The first-order valence-corrected chi connectivity index (χ1v) is 7.50. The number of benzene rings is 1. The second-order valence-electron chi connectivity index (χ2n) is 6.59. The number of carbonyl (C=O) groups excluding carboxylic acids is 1. The molecule has 0 spiro atoms. The van der Waals surface area contributed by atoms with E-state index in [1.54, 1.807) is 20.8 Å². The summed E-state index contributed by atoms with van der Waals surface area (Å²) in [5, 5.41) is 22.9. The van der Waals surface area contributed by atoms with Gasteiger partial charge in [-0.1, -0.05) is 23.8 Å². The van der Waals surface area contributed by atoms with Crippen molar-refractivity contribution >= 4 is 6.09 Å². The van der Waals surface area contributed by atoms with Crippen LogP contribution in [0, 0.1) is 13.8 Å². The summed E-state index contributed by atoms with van der Waals surface area (Å²) in [6, 6.07) is 5.74. The van der Waals surface area contributed by atoms with Gasteiger partial charge in [0.05, 0.1) is 6.10 Å². The zero-order valence-electron chi connectivity index (χ0n) is 14.0. The molecule has 0 fully saturated rings. The Labute approximate surface area is 132 Å². The van der Waals surface area contributed by atoms with Crippen molar-refractivity contribution < 1.29 is 19.7 Å². The van der Waals surface area contributed by atoms with Crippen molar-refractivity contribution in [1.29, 1.82) is 0 Å². The molecule has 1 amide bonds. The number of carbonyl (C=O) groups is 1. The van der Waals surface area contributed by atoms with Gasteiger partial charge in [-0.25, -0.2) is 4.79 Å². The average molecular weight is 309 g/mol. The van der Waals surface area contributed by atoms with Crippen LogP contribution in [0.4, 0.5) is 4.79 Å². The lowest BCUT2D eigenvalue weighted by atomic mass is 9.96. The summed E-state index contributed by atoms with van der Waals surface area (Å²) in [5.74, 6) is 0. The van der Waals surface area contributed by atoms with Gasteiger partial charge in [-0.15, -0.1) is 0 Å². The molecule has 0 heterocycles. The number of nitrogens with one attached hydrogen (secondary N) is 1. The van der Waals surface area contributed by atoms with Crippen LogP contribution < -0.4 is 5.32 Å². The first-order chi connectivity index (χ1) is 10.1. The van der Waals surface area contributed by atoms with E-state index in [2.05, 4.69) is 5.32 Å². The second kappa shape index (κ2) is 7.61. The molecule has 3 N–H and O–H groups in total. The number of ether oxygens (including phenoxy) is 1. The van der Waals surface area contributed by atoms with Gasteiger partial charge in [0.25, 0.3) is 0 Å². The molecule has 5 nitrogen and oxygen atoms in total. The summed E-state index contributed by atoms with van der Waals surface area (Å²) >= 11 is 0. The van der Waals surface area contributed by atoms with Gasteiger partial charge in [-0.2, -0.15) is 0 Å². The van der Waals surface area contributed by atoms with Crippen LogP contribution in [0.3, 0.4) is 0 Å². The molecule has 2 atom stereocenters. The van der Waals surface area contributed by atoms with Crippen molar-refractivity contribution in [3.63, 3.8) is 0 Å². The lowest BCUT2D eigenvalue weighted by Crippen LogP contribution is -2.34. The van der Waals surface area contributed by atoms with E-state index in [-0.39, 0.29) is 13.0 Å². The molecule has 22 heavy (non-hydrogen) atoms. The number of amides is 1. The van der Waals surface area contributed by atoms with Gasteiger partial charge in [-0.05, 0) is 52.2 Å². The van der Waals surface area contributed by atoms with Crippen LogP contribution >= 0.6 is 0 Å². The fourth-order valence-corrected chi connectivity index (χ4v) is 2.08. The predicted octanol–water partition coefficient (Wildman–Crippen LogP) is 2.61. The Bertz CT molecular complexity index is 508. The molecule has 0 aliphatic carbocycles. The number of aliphatic hydroxyl groups excluding tert-OH is 2. The van der Waals surface area contributed by atoms with Crippen molar-refractivity contribution in [3.05, 3.63) is 34.9 Å². The molecular formula is C17H27NO4. The van der Waals surface area contributed by atoms with Gasteiger partial charge in [0.1, 0.15) is 11.7 Å². The van der Waals surface area contributed by atoms with E-state index >= 15 is 0 Å². The third-order valence-electron chi connectivity index (χ3n) is 3.23. The smallest absolute Gasteiger partial charge is 0.407 e. The summed E-state index contributed by atoms with van der Waals surface area (Å²) in [4.78, 5) is 11.5. The Balaban J connectivity index is 2.50. The molecule has 0 radical (unpaired) electrons. The molecule has 0 aromatic heterocycles. The minimum Gasteiger partial charge on any atom is -0.444 e. The standard InChI is InChI=1S/C17H27NO4/c1-11-6-7-12(2)13(10-11)15(20)14(19)8-9-18-16(21)22-17(3,4)5/h6-7,10,14-15,19-20H,8-9H2,1-5H3,(H,18,21). The fraction of sp³-hybridized carbons (Fsp3) is 0.588. The van der Waals surface area contributed by atoms with E-state index in [4.69, 9.17) is 4.74 Å². The second-order valence-corrected chi connectivity index (χ2v) is 6.59. The Morgan fingerprint density at radius 1 is 1.27 bits per heavy atom. The summed E-state index contributed by atoms with van der Waals surface area (Å²) in [7, 11) is 0. The van der Waals surface area contributed by atoms with Crippen molar-refractivity contribution in [2.75, 3.05) is 6.54 Å². The normalized spacial score (nSPS) is 14.3. The van der Waals surface area contributed by atoms with Crippen LogP contribution in [0.2, 0.25) is 0 Å². The Hall–Kier alpha value is -1.59. The molecule has 2 unspecified atom stereocenters. The summed E-state index contributed by atoms with van der Waals surface area (Å²) in [6.07, 6.45) is -2.20. The molecule has 0 bridgehead atoms. The van der Waals surface area contributed by atoms with Crippen LogP contribution in [-0.2, 0) is 4.74 Å². The lowest BCUT2D eigenvalue weighted by molar-refractivity contribution is 0.0119. The summed E-state index contributed by atoms with van der Waals surface area (Å²) in [5.41, 5.74) is 2.11. The van der Waals surface area contributed by atoms with E-state index in [1.165, 1.54) is 0 Å². The number of hydrogen-bond acceptors (Lipinski definition) is 4. The van der Waals surface area contributed by atoms with E-state index < -0.39 is 23.9 Å². The average Bonchev–Trinajstić information content (AvgIpc) is 2.38. The topological polar surface area (TPSA) is 78.8 Å². The minimum atomic E-state index is -0.972. The Kier molecular flexibility index (Phi) is 6.38. The van der Waals surface area contributed by atoms with Gasteiger partial charge in [0.15, 0.2) is 0 Å². The quantitative estimate of drug-likeness (QED) is 0.781. The molecule has 0 aliphatic rings. The molecule has 1 aromatic rings. The van der Waals surface area contributed by atoms with Gasteiger partial charge in [0, 0.05) is 6.54 Å². The van der Waals surface area contributed by atoms with E-state index in [0.717, 1.165) is 11.1 Å². The lowest BCUT2D eigenvalue weighted by Gasteiger charge is -2.22. The molecule has 0 aliphatic heterocycles. The highest BCUT2D eigenvalue weighted by atomic mass is 16.6. The number of alkyl carbamates (subject to hydrolysis) is 1. The summed E-state index contributed by atoms with van der Waals surface area (Å²) in [6.45, 7) is 9.41. The third-order valence-corrected chi connectivity index (χ3v) is 3.23. The molecular weight excluding hydrogens is 282 g/mol. The maximum absolute atomic E-state index is 11.5. The molecule has 124 valence electrons. The highest BCUT2D eigenvalue weighted by molar-refractivity contribution is 5.67. The third kappa shape index (κ3) is 6.03. The molecule has 5 heteroatoms. The maximum atomic E-state index is 11.5. The minimum absolute atomic E-state index is 0.234. The fourth-order valence-electron chi connectivity index (χ4n) is 2.08. The van der Waals surface area contributed by atoms with Crippen LogP contribution in [0.15, 0.2) is 18.2 Å². The highest BCUT2D eigenvalue weighted by Gasteiger charge is 2.21. The Morgan fingerprint density at radius 2 is 1.91 bits per heavy atom. The van der Waals surface area contributed by atoms with Crippen molar-refractivity contribution in [1.82, 2.24) is 5.32 Å². The van der Waals surface area contributed by atoms with Gasteiger partial charge in [-0.3, -0.25) is 0 Å². The van der Waals surface area contributed by atoms with Crippen molar-refractivity contribution in [2.45, 2.75) is 58.8 Å². The van der Waals surface area contributed by atoms with Crippen LogP contribution in [0.25, 0.3) is 0 Å². The van der Waals surface area contributed by atoms with Crippen LogP contribution in [0.1, 0.15) is 50.0 Å². The predicted molar refractivity (Wildman–Crippen MR) is 85.7 cm³/mol. The van der Waals surface area contributed by atoms with Crippen LogP contribution in [-0.4, -0.2) is 34.6 Å². The first-order valence-electron chi connectivity index (χ1n) is 7.50. The van der Waals surface area contributed by atoms with Crippen molar-refractivity contribution in [3.8, 4) is 0 Å². The molecule has 1 aromatic carbocycles. The zero-order chi connectivity index (χ0) is 16.9. The number of aliphatic hydroxyl groups is 2. The zero-order valence-corrected chi connectivity index (χ0v) is 14.0. The Morgan fingerprint density at radius 3 is 2.50 bits per heavy atom. The molecule has 0 saturated heterocycles. The molecule has 1 rings (SSSR count). The van der Waals surface area contributed by atoms with Gasteiger partial charge >= 0.3 is 6.09 Å². The van der Waals surface area contributed by atoms with Gasteiger partial charge in [0.2, 0.25) is 0 Å². The SMILES string of the molecule is Cc1ccc(C)c(C(O)C(O)CCNC(=O)OC(C)(C)C)c1. The number of aryl methyl sites for hydroxylation is 2. The monoisotopic (exact) mass is 309 g/mol. The van der Waals surface area contributed by atoms with E-state index in [9.17, 15) is 15.0 Å². The van der Waals surface area contributed by atoms with E-state index in [1.807, 2.05) is 32.0 Å². The van der Waals surface area contributed by atoms with Gasteiger partial charge < -0.3 is 20.3 Å².